The molecule has 3 heteroatoms. The van der Waals surface area contributed by atoms with Gasteiger partial charge in [-0.2, -0.15) is 0 Å². The first-order valence-corrected chi connectivity index (χ1v) is 12.1. The van der Waals surface area contributed by atoms with Crippen LogP contribution in [-0.2, 0) is 15.9 Å². The van der Waals surface area contributed by atoms with Crippen LogP contribution in [0.15, 0.2) is 30.3 Å². The Morgan fingerprint density at radius 2 is 1.57 bits per heavy atom. The Balaban J connectivity index is 1.76. The van der Waals surface area contributed by atoms with Crippen LogP contribution in [0.3, 0.4) is 0 Å². The molecular weight excluding hydrogens is 372 g/mol. The number of aliphatic hydroxyl groups is 1. The first-order valence-electron chi connectivity index (χ1n) is 12.1. The summed E-state index contributed by atoms with van der Waals surface area (Å²) < 4.78 is 11.4. The number of methoxy groups -OCH3 is 1. The molecule has 1 fully saturated rings. The zero-order chi connectivity index (χ0) is 22.3. The van der Waals surface area contributed by atoms with Gasteiger partial charge in [0.25, 0.3) is 0 Å². The van der Waals surface area contributed by atoms with Gasteiger partial charge in [-0.05, 0) is 60.8 Å². The quantitative estimate of drug-likeness (QED) is 0.430. The highest BCUT2D eigenvalue weighted by Gasteiger charge is 2.38. The Bertz CT molecular complexity index is 589. The zero-order valence-electron chi connectivity index (χ0n) is 20.4. The SMILES string of the molecule is CO[C@@H]1C[C@@H](C)[C@H]([C@@H](C)[C@H](O)CC[C@H](C)C(C)[C@H](C)[C@@H](C)CCc2ccccc2)O1. The van der Waals surface area contributed by atoms with Crippen molar-refractivity contribution in [1.82, 2.24) is 0 Å². The van der Waals surface area contributed by atoms with Crippen molar-refractivity contribution in [3.8, 4) is 0 Å². The van der Waals surface area contributed by atoms with E-state index in [9.17, 15) is 5.11 Å². The maximum Gasteiger partial charge on any atom is 0.157 e. The number of hydrogen-bond donors (Lipinski definition) is 1. The second-order valence-electron chi connectivity index (χ2n) is 10.2. The molecule has 1 aromatic carbocycles. The van der Waals surface area contributed by atoms with Crippen molar-refractivity contribution in [3.05, 3.63) is 35.9 Å². The molecule has 1 aromatic rings. The fourth-order valence-corrected chi connectivity index (χ4v) is 5.11. The predicted molar refractivity (Wildman–Crippen MR) is 125 cm³/mol. The second kappa shape index (κ2) is 12.2. The normalized spacial score (nSPS) is 27.9. The van der Waals surface area contributed by atoms with Gasteiger partial charge in [0, 0.05) is 19.4 Å². The summed E-state index contributed by atoms with van der Waals surface area (Å²) in [5.41, 5.74) is 1.44. The smallest absolute Gasteiger partial charge is 0.157 e. The fourth-order valence-electron chi connectivity index (χ4n) is 5.11. The molecule has 1 aliphatic rings. The van der Waals surface area contributed by atoms with Crippen molar-refractivity contribution in [2.75, 3.05) is 7.11 Å². The molecule has 0 amide bonds. The second-order valence-corrected chi connectivity index (χ2v) is 10.2. The van der Waals surface area contributed by atoms with Gasteiger partial charge in [-0.3, -0.25) is 0 Å². The maximum atomic E-state index is 10.8. The van der Waals surface area contributed by atoms with E-state index >= 15 is 0 Å². The largest absolute Gasteiger partial charge is 0.393 e. The molecular formula is C27H46O3. The summed E-state index contributed by atoms with van der Waals surface area (Å²) in [5, 5.41) is 10.8. The summed E-state index contributed by atoms with van der Waals surface area (Å²) in [6.07, 6.45) is 4.90. The van der Waals surface area contributed by atoms with E-state index in [1.165, 1.54) is 12.0 Å². The molecule has 1 unspecified atom stereocenters. The Labute approximate surface area is 185 Å². The first-order chi connectivity index (χ1) is 14.2. The predicted octanol–water partition coefficient (Wildman–Crippen LogP) is 6.34. The van der Waals surface area contributed by atoms with Crippen LogP contribution in [-0.4, -0.2) is 30.7 Å². The summed E-state index contributed by atoms with van der Waals surface area (Å²) in [5.74, 6) is 3.21. The lowest BCUT2D eigenvalue weighted by Crippen LogP contribution is -2.33. The zero-order valence-corrected chi connectivity index (χ0v) is 20.4. The summed E-state index contributed by atoms with van der Waals surface area (Å²) >= 11 is 0. The average Bonchev–Trinajstić information content (AvgIpc) is 3.15. The minimum atomic E-state index is -0.312. The molecule has 0 aromatic heterocycles. The third kappa shape index (κ3) is 7.07. The molecule has 0 radical (unpaired) electrons. The standard InChI is InChI=1S/C27H46O3/c1-18(13-15-24-11-9-8-10-12-24)21(4)22(5)19(2)14-16-25(28)23(6)27-20(3)17-26(29-7)30-27/h8-12,18-23,25-28H,13-17H2,1-7H3/t18-,19-,20+,21+,22?,23-,25+,26-,27+/m0/s1. The summed E-state index contributed by atoms with van der Waals surface area (Å²) in [6, 6.07) is 10.8. The summed E-state index contributed by atoms with van der Waals surface area (Å²) in [7, 11) is 1.70. The Morgan fingerprint density at radius 1 is 0.967 bits per heavy atom. The van der Waals surface area contributed by atoms with E-state index in [2.05, 4.69) is 71.9 Å². The number of aryl methyl sites for hydroxylation is 1. The van der Waals surface area contributed by atoms with Gasteiger partial charge in [-0.15, -0.1) is 0 Å². The lowest BCUT2D eigenvalue weighted by molar-refractivity contribution is -0.137. The van der Waals surface area contributed by atoms with Gasteiger partial charge in [0.1, 0.15) is 0 Å². The minimum Gasteiger partial charge on any atom is -0.393 e. The Kier molecular flexibility index (Phi) is 10.3. The van der Waals surface area contributed by atoms with Crippen molar-refractivity contribution in [3.63, 3.8) is 0 Å². The molecule has 30 heavy (non-hydrogen) atoms. The van der Waals surface area contributed by atoms with Crippen molar-refractivity contribution in [1.29, 1.82) is 0 Å². The van der Waals surface area contributed by atoms with E-state index in [4.69, 9.17) is 9.47 Å². The molecule has 2 rings (SSSR count). The van der Waals surface area contributed by atoms with E-state index < -0.39 is 0 Å². The van der Waals surface area contributed by atoms with Crippen LogP contribution in [0.4, 0.5) is 0 Å². The average molecular weight is 419 g/mol. The fraction of sp³-hybridized carbons (Fsp3) is 0.778. The molecule has 0 aliphatic carbocycles. The van der Waals surface area contributed by atoms with Crippen LogP contribution >= 0.6 is 0 Å². The van der Waals surface area contributed by atoms with Gasteiger partial charge in [0.15, 0.2) is 6.29 Å². The van der Waals surface area contributed by atoms with Gasteiger partial charge < -0.3 is 14.6 Å². The highest BCUT2D eigenvalue weighted by Crippen LogP contribution is 2.35. The molecule has 3 nitrogen and oxygen atoms in total. The highest BCUT2D eigenvalue weighted by atomic mass is 16.7. The van der Waals surface area contributed by atoms with E-state index in [-0.39, 0.29) is 24.4 Å². The van der Waals surface area contributed by atoms with Gasteiger partial charge >= 0.3 is 0 Å². The van der Waals surface area contributed by atoms with E-state index in [0.29, 0.717) is 29.6 Å². The first kappa shape index (κ1) is 25.4. The number of benzene rings is 1. The molecule has 1 heterocycles. The van der Waals surface area contributed by atoms with Crippen LogP contribution in [0.25, 0.3) is 0 Å². The van der Waals surface area contributed by atoms with Gasteiger partial charge in [0.05, 0.1) is 12.2 Å². The third-order valence-electron chi connectivity index (χ3n) is 8.10. The van der Waals surface area contributed by atoms with Crippen molar-refractivity contribution < 1.29 is 14.6 Å². The summed E-state index contributed by atoms with van der Waals surface area (Å²) in [6.45, 7) is 13.9. The number of aliphatic hydroxyl groups excluding tert-OH is 1. The number of ether oxygens (including phenoxy) is 2. The minimum absolute atomic E-state index is 0.0922. The van der Waals surface area contributed by atoms with Crippen molar-refractivity contribution in [2.45, 2.75) is 92.1 Å². The van der Waals surface area contributed by atoms with Crippen molar-refractivity contribution >= 4 is 0 Å². The van der Waals surface area contributed by atoms with E-state index in [1.54, 1.807) is 7.11 Å². The molecule has 1 aliphatic heterocycles. The summed E-state index contributed by atoms with van der Waals surface area (Å²) in [4.78, 5) is 0. The van der Waals surface area contributed by atoms with Crippen LogP contribution < -0.4 is 0 Å². The van der Waals surface area contributed by atoms with E-state index in [0.717, 1.165) is 25.7 Å². The molecule has 1 N–H and O–H groups in total. The van der Waals surface area contributed by atoms with E-state index in [1.807, 2.05) is 0 Å². The van der Waals surface area contributed by atoms with Crippen LogP contribution in [0.5, 0.6) is 0 Å². The molecule has 1 saturated heterocycles. The molecule has 9 atom stereocenters. The lowest BCUT2D eigenvalue weighted by atomic mass is 9.74. The molecule has 0 bridgehead atoms. The lowest BCUT2D eigenvalue weighted by Gasteiger charge is -2.32. The molecule has 0 saturated carbocycles. The Hall–Kier alpha value is -0.900. The van der Waals surface area contributed by atoms with Crippen LogP contribution in [0, 0.1) is 35.5 Å². The van der Waals surface area contributed by atoms with Crippen LogP contribution in [0.1, 0.15) is 72.8 Å². The van der Waals surface area contributed by atoms with Crippen molar-refractivity contribution in [2.24, 2.45) is 35.5 Å². The van der Waals surface area contributed by atoms with Crippen LogP contribution in [0.2, 0.25) is 0 Å². The topological polar surface area (TPSA) is 38.7 Å². The molecule has 172 valence electrons. The highest BCUT2D eigenvalue weighted by molar-refractivity contribution is 5.14. The maximum absolute atomic E-state index is 10.8. The third-order valence-corrected chi connectivity index (χ3v) is 8.10. The Morgan fingerprint density at radius 3 is 2.13 bits per heavy atom. The van der Waals surface area contributed by atoms with Gasteiger partial charge in [-0.25, -0.2) is 0 Å². The van der Waals surface area contributed by atoms with Gasteiger partial charge in [-0.1, -0.05) is 71.9 Å². The number of rotatable bonds is 12. The monoisotopic (exact) mass is 418 g/mol. The molecule has 0 spiro atoms. The van der Waals surface area contributed by atoms with Gasteiger partial charge in [0.2, 0.25) is 0 Å². The number of hydrogen-bond acceptors (Lipinski definition) is 3.